The minimum atomic E-state index is -0.338. The van der Waals surface area contributed by atoms with E-state index < -0.39 is 0 Å². The van der Waals surface area contributed by atoms with Gasteiger partial charge >= 0.3 is 0 Å². The van der Waals surface area contributed by atoms with Crippen LogP contribution in [0, 0.1) is 0 Å². The molecule has 5 nitrogen and oxygen atoms in total. The molecule has 0 aliphatic rings. The van der Waals surface area contributed by atoms with E-state index >= 15 is 0 Å². The molecule has 2 aromatic rings. The molecule has 0 unspecified atom stereocenters. The molecule has 0 saturated carbocycles. The van der Waals surface area contributed by atoms with E-state index in [-0.39, 0.29) is 17.9 Å². The number of carbonyl (C=O) groups is 1. The SMILES string of the molecule is CN(C)c1cnn(CC(=O)c2ccc(Cl)c(Cl)c2)c(=O)c1. The van der Waals surface area contributed by atoms with Crippen molar-refractivity contribution in [3.8, 4) is 0 Å². The molecular weight excluding hydrogens is 313 g/mol. The van der Waals surface area contributed by atoms with Crippen molar-refractivity contribution in [2.45, 2.75) is 6.54 Å². The fourth-order valence-electron chi connectivity index (χ4n) is 1.68. The first-order chi connectivity index (χ1) is 9.88. The molecule has 110 valence electrons. The van der Waals surface area contributed by atoms with Crippen molar-refractivity contribution in [3.63, 3.8) is 0 Å². The zero-order valence-electron chi connectivity index (χ0n) is 11.5. The summed E-state index contributed by atoms with van der Waals surface area (Å²) in [5.41, 5.74) is 0.725. The van der Waals surface area contributed by atoms with Gasteiger partial charge in [-0.2, -0.15) is 5.10 Å². The number of aromatic nitrogens is 2. The van der Waals surface area contributed by atoms with Crippen LogP contribution < -0.4 is 10.5 Å². The second-order valence-corrected chi connectivity index (χ2v) is 5.47. The summed E-state index contributed by atoms with van der Waals surface area (Å²) < 4.78 is 1.11. The summed E-state index contributed by atoms with van der Waals surface area (Å²) >= 11 is 11.7. The molecule has 1 aromatic heterocycles. The topological polar surface area (TPSA) is 55.2 Å². The summed E-state index contributed by atoms with van der Waals surface area (Å²) in [6.07, 6.45) is 1.53. The van der Waals surface area contributed by atoms with E-state index in [9.17, 15) is 9.59 Å². The number of Topliss-reactive ketones (excluding diaryl/α,β-unsaturated/α-hetero) is 1. The summed E-state index contributed by atoms with van der Waals surface area (Å²) in [7, 11) is 3.61. The van der Waals surface area contributed by atoms with Gasteiger partial charge in [-0.15, -0.1) is 0 Å². The lowest BCUT2D eigenvalue weighted by Crippen LogP contribution is -2.27. The van der Waals surface area contributed by atoms with E-state index in [0.29, 0.717) is 21.3 Å². The average Bonchev–Trinajstić information content (AvgIpc) is 2.43. The molecule has 0 radical (unpaired) electrons. The smallest absolute Gasteiger partial charge is 0.269 e. The molecular formula is C14H13Cl2N3O2. The van der Waals surface area contributed by atoms with Crippen molar-refractivity contribution in [2.75, 3.05) is 19.0 Å². The van der Waals surface area contributed by atoms with Crippen LogP contribution in [-0.4, -0.2) is 29.7 Å². The molecule has 0 bridgehead atoms. The van der Waals surface area contributed by atoms with Gasteiger partial charge in [0.25, 0.3) is 5.56 Å². The third-order valence-electron chi connectivity index (χ3n) is 2.91. The normalized spacial score (nSPS) is 10.5. The standard InChI is InChI=1S/C14H13Cl2N3O2/c1-18(2)10-6-14(21)19(17-7-10)8-13(20)9-3-4-11(15)12(16)5-9/h3-7H,8H2,1-2H3. The van der Waals surface area contributed by atoms with Gasteiger partial charge in [-0.05, 0) is 18.2 Å². The Labute approximate surface area is 131 Å². The number of nitrogens with zero attached hydrogens (tertiary/aromatic N) is 3. The Morgan fingerprint density at radius 1 is 1.24 bits per heavy atom. The molecule has 21 heavy (non-hydrogen) atoms. The van der Waals surface area contributed by atoms with Crippen LogP contribution >= 0.6 is 23.2 Å². The van der Waals surface area contributed by atoms with E-state index in [1.807, 2.05) is 14.1 Å². The lowest BCUT2D eigenvalue weighted by Gasteiger charge is -2.12. The van der Waals surface area contributed by atoms with Crippen LogP contribution in [0.3, 0.4) is 0 Å². The van der Waals surface area contributed by atoms with Gasteiger partial charge < -0.3 is 4.90 Å². The van der Waals surface area contributed by atoms with E-state index in [0.717, 1.165) is 4.68 Å². The summed E-state index contributed by atoms with van der Waals surface area (Å²) in [4.78, 5) is 25.8. The van der Waals surface area contributed by atoms with Gasteiger partial charge in [-0.1, -0.05) is 23.2 Å². The van der Waals surface area contributed by atoms with Crippen LogP contribution in [0.15, 0.2) is 35.3 Å². The van der Waals surface area contributed by atoms with Gasteiger partial charge in [-0.3, -0.25) is 9.59 Å². The van der Waals surface area contributed by atoms with E-state index in [1.54, 1.807) is 17.0 Å². The summed E-state index contributed by atoms with van der Waals surface area (Å²) in [5.74, 6) is -0.263. The Balaban J connectivity index is 2.23. The first-order valence-electron chi connectivity index (χ1n) is 6.11. The second-order valence-electron chi connectivity index (χ2n) is 4.66. The van der Waals surface area contributed by atoms with Crippen LogP contribution in [0.2, 0.25) is 10.0 Å². The van der Waals surface area contributed by atoms with Crippen LogP contribution in [0.5, 0.6) is 0 Å². The van der Waals surface area contributed by atoms with E-state index in [4.69, 9.17) is 23.2 Å². The summed E-state index contributed by atoms with van der Waals surface area (Å²) in [6.45, 7) is -0.148. The predicted octanol–water partition coefficient (Wildman–Crippen LogP) is 2.50. The number of hydrogen-bond donors (Lipinski definition) is 0. The van der Waals surface area contributed by atoms with Gasteiger partial charge in [0, 0.05) is 25.7 Å². The molecule has 0 fully saturated rings. The summed E-state index contributed by atoms with van der Waals surface area (Å²) in [5, 5.41) is 4.66. The Bertz CT molecular complexity index is 741. The fraction of sp³-hybridized carbons (Fsp3) is 0.214. The monoisotopic (exact) mass is 325 g/mol. The first kappa shape index (κ1) is 15.5. The molecule has 0 aliphatic carbocycles. The van der Waals surface area contributed by atoms with E-state index in [2.05, 4.69) is 5.10 Å². The summed E-state index contributed by atoms with van der Waals surface area (Å²) in [6, 6.07) is 6.01. The van der Waals surface area contributed by atoms with Gasteiger partial charge in [-0.25, -0.2) is 4.68 Å². The fourth-order valence-corrected chi connectivity index (χ4v) is 1.98. The minimum absolute atomic E-state index is 0.148. The van der Waals surface area contributed by atoms with Crippen molar-refractivity contribution in [3.05, 3.63) is 56.4 Å². The van der Waals surface area contributed by atoms with Crippen LogP contribution in [0.4, 0.5) is 5.69 Å². The maximum absolute atomic E-state index is 12.1. The quantitative estimate of drug-likeness (QED) is 0.810. The zero-order chi connectivity index (χ0) is 15.6. The second kappa shape index (κ2) is 6.28. The van der Waals surface area contributed by atoms with Crippen molar-refractivity contribution < 1.29 is 4.79 Å². The maximum atomic E-state index is 12.1. The lowest BCUT2D eigenvalue weighted by molar-refractivity contribution is 0.0965. The molecule has 2 rings (SSSR count). The molecule has 7 heteroatoms. The average molecular weight is 326 g/mol. The molecule has 1 aromatic carbocycles. The van der Waals surface area contributed by atoms with Gasteiger partial charge in [0.05, 0.1) is 21.9 Å². The Kier molecular flexibility index (Phi) is 4.65. The Morgan fingerprint density at radius 3 is 2.52 bits per heavy atom. The highest BCUT2D eigenvalue weighted by Crippen LogP contribution is 2.22. The highest BCUT2D eigenvalue weighted by Gasteiger charge is 2.11. The minimum Gasteiger partial charge on any atom is -0.376 e. The van der Waals surface area contributed by atoms with Gasteiger partial charge in [0.15, 0.2) is 5.78 Å². The molecule has 0 N–H and O–H groups in total. The highest BCUT2D eigenvalue weighted by molar-refractivity contribution is 6.42. The Hall–Kier alpha value is -1.85. The number of rotatable bonds is 4. The molecule has 1 heterocycles. The number of anilines is 1. The van der Waals surface area contributed by atoms with Crippen LogP contribution in [0.1, 0.15) is 10.4 Å². The lowest BCUT2D eigenvalue weighted by atomic mass is 10.1. The predicted molar refractivity (Wildman–Crippen MR) is 83.6 cm³/mol. The molecule has 0 spiro atoms. The van der Waals surface area contributed by atoms with Crippen molar-refractivity contribution >= 4 is 34.7 Å². The number of hydrogen-bond acceptors (Lipinski definition) is 4. The molecule has 0 aliphatic heterocycles. The first-order valence-corrected chi connectivity index (χ1v) is 6.87. The highest BCUT2D eigenvalue weighted by atomic mass is 35.5. The number of benzene rings is 1. The van der Waals surface area contributed by atoms with Crippen molar-refractivity contribution in [1.82, 2.24) is 9.78 Å². The van der Waals surface area contributed by atoms with Crippen molar-refractivity contribution in [2.24, 2.45) is 0 Å². The number of carbonyl (C=O) groups excluding carboxylic acids is 1. The van der Waals surface area contributed by atoms with E-state index in [1.165, 1.54) is 18.3 Å². The van der Waals surface area contributed by atoms with Gasteiger partial charge in [0.1, 0.15) is 6.54 Å². The number of ketones is 1. The Morgan fingerprint density at radius 2 is 1.95 bits per heavy atom. The molecule has 0 amide bonds. The third-order valence-corrected chi connectivity index (χ3v) is 3.65. The molecule has 0 saturated heterocycles. The van der Waals surface area contributed by atoms with Crippen LogP contribution in [-0.2, 0) is 6.54 Å². The van der Waals surface area contributed by atoms with Crippen LogP contribution in [0.25, 0.3) is 0 Å². The maximum Gasteiger partial charge on any atom is 0.269 e. The largest absolute Gasteiger partial charge is 0.376 e. The third kappa shape index (κ3) is 3.62. The molecule has 0 atom stereocenters. The van der Waals surface area contributed by atoms with Crippen molar-refractivity contribution in [1.29, 1.82) is 0 Å². The van der Waals surface area contributed by atoms with Gasteiger partial charge in [0.2, 0.25) is 0 Å². The number of halogens is 2. The zero-order valence-corrected chi connectivity index (χ0v) is 13.0.